The van der Waals surface area contributed by atoms with Crippen molar-refractivity contribution in [2.45, 2.75) is 31.7 Å². The first kappa shape index (κ1) is 16.9. The summed E-state index contributed by atoms with van der Waals surface area (Å²) in [5.41, 5.74) is -0.952. The maximum absolute atomic E-state index is 11.1. The van der Waals surface area contributed by atoms with Crippen LogP contribution in [0.25, 0.3) is 0 Å². The zero-order chi connectivity index (χ0) is 15.9. The molecule has 1 atom stereocenters. The number of carbonyl (C=O) groups is 1. The SMILES string of the molecule is CNC(C)(CCCCOc1cccc([N+](=O)[O-])c1)C(=O)O. The van der Waals surface area contributed by atoms with E-state index >= 15 is 0 Å². The molecule has 0 aliphatic carbocycles. The van der Waals surface area contributed by atoms with Gasteiger partial charge in [-0.1, -0.05) is 6.07 Å². The summed E-state index contributed by atoms with van der Waals surface area (Å²) in [4.78, 5) is 21.2. The quantitative estimate of drug-likeness (QED) is 0.411. The summed E-state index contributed by atoms with van der Waals surface area (Å²) in [6.07, 6.45) is 1.84. The van der Waals surface area contributed by atoms with Crippen LogP contribution in [0.15, 0.2) is 24.3 Å². The summed E-state index contributed by atoms with van der Waals surface area (Å²) < 4.78 is 5.43. The standard InChI is InChI=1S/C14H20N2O5/c1-14(15-2,13(17)18)8-3-4-9-21-12-7-5-6-11(10-12)16(19)20/h5-7,10,15H,3-4,8-9H2,1-2H3,(H,17,18). The number of unbranched alkanes of at least 4 members (excludes halogenated alkanes) is 1. The molecule has 21 heavy (non-hydrogen) atoms. The van der Waals surface area contributed by atoms with Gasteiger partial charge in [0.2, 0.25) is 0 Å². The Morgan fingerprint density at radius 2 is 2.19 bits per heavy atom. The molecule has 0 radical (unpaired) electrons. The normalized spacial score (nSPS) is 13.4. The van der Waals surface area contributed by atoms with Crippen LogP contribution in [0.3, 0.4) is 0 Å². The highest BCUT2D eigenvalue weighted by Crippen LogP contribution is 2.20. The molecule has 0 aromatic heterocycles. The number of aliphatic carboxylic acids is 1. The third-order valence-electron chi connectivity index (χ3n) is 3.39. The number of nitrogens with zero attached hydrogens (tertiary/aromatic N) is 1. The van der Waals surface area contributed by atoms with E-state index in [2.05, 4.69) is 5.32 Å². The van der Waals surface area contributed by atoms with Gasteiger partial charge in [0, 0.05) is 6.07 Å². The second-order valence-corrected chi connectivity index (χ2v) is 4.95. The average molecular weight is 296 g/mol. The molecule has 116 valence electrons. The Kier molecular flexibility index (Phi) is 6.10. The zero-order valence-electron chi connectivity index (χ0n) is 12.2. The molecule has 0 fully saturated rings. The molecular weight excluding hydrogens is 276 g/mol. The molecule has 0 saturated heterocycles. The van der Waals surface area contributed by atoms with Crippen LogP contribution >= 0.6 is 0 Å². The van der Waals surface area contributed by atoms with Crippen molar-refractivity contribution in [2.75, 3.05) is 13.7 Å². The molecule has 2 N–H and O–H groups in total. The van der Waals surface area contributed by atoms with Gasteiger partial charge in [0.1, 0.15) is 11.3 Å². The van der Waals surface area contributed by atoms with Crippen molar-refractivity contribution in [3.63, 3.8) is 0 Å². The van der Waals surface area contributed by atoms with Crippen molar-refractivity contribution >= 4 is 11.7 Å². The minimum absolute atomic E-state index is 0.0128. The Labute approximate surface area is 123 Å². The van der Waals surface area contributed by atoms with E-state index in [9.17, 15) is 14.9 Å². The molecule has 0 spiro atoms. The third kappa shape index (κ3) is 5.03. The molecule has 0 saturated carbocycles. The predicted octanol–water partition coefficient (Wildman–Crippen LogP) is 2.21. The summed E-state index contributed by atoms with van der Waals surface area (Å²) >= 11 is 0. The smallest absolute Gasteiger partial charge is 0.323 e. The number of hydrogen-bond acceptors (Lipinski definition) is 5. The molecule has 1 unspecified atom stereocenters. The highest BCUT2D eigenvalue weighted by molar-refractivity contribution is 5.78. The second kappa shape index (κ2) is 7.58. The highest BCUT2D eigenvalue weighted by atomic mass is 16.6. The molecule has 0 bridgehead atoms. The van der Waals surface area contributed by atoms with Crippen LogP contribution in [0.1, 0.15) is 26.2 Å². The Morgan fingerprint density at radius 1 is 1.48 bits per heavy atom. The molecule has 1 aromatic rings. The minimum Gasteiger partial charge on any atom is -0.493 e. The van der Waals surface area contributed by atoms with Gasteiger partial charge in [0.15, 0.2) is 0 Å². The lowest BCUT2D eigenvalue weighted by atomic mass is 9.95. The van der Waals surface area contributed by atoms with Crippen molar-refractivity contribution in [2.24, 2.45) is 0 Å². The van der Waals surface area contributed by atoms with Gasteiger partial charge in [-0.3, -0.25) is 14.9 Å². The van der Waals surface area contributed by atoms with Crippen LogP contribution in [0.4, 0.5) is 5.69 Å². The van der Waals surface area contributed by atoms with E-state index in [4.69, 9.17) is 9.84 Å². The van der Waals surface area contributed by atoms with Gasteiger partial charge in [-0.15, -0.1) is 0 Å². The van der Waals surface area contributed by atoms with Crippen molar-refractivity contribution in [3.8, 4) is 5.75 Å². The number of hydrogen-bond donors (Lipinski definition) is 2. The summed E-state index contributed by atoms with van der Waals surface area (Å²) in [6.45, 7) is 2.03. The molecule has 0 heterocycles. The van der Waals surface area contributed by atoms with E-state index in [0.29, 0.717) is 31.6 Å². The Bertz CT molecular complexity index is 506. The lowest BCUT2D eigenvalue weighted by Gasteiger charge is -2.23. The van der Waals surface area contributed by atoms with Gasteiger partial charge < -0.3 is 15.2 Å². The van der Waals surface area contributed by atoms with Crippen molar-refractivity contribution in [1.29, 1.82) is 0 Å². The lowest BCUT2D eigenvalue weighted by Crippen LogP contribution is -2.47. The Hall–Kier alpha value is -2.15. The molecule has 1 rings (SSSR count). The maximum Gasteiger partial charge on any atom is 0.323 e. The number of nitro groups is 1. The molecule has 0 aliphatic rings. The van der Waals surface area contributed by atoms with Gasteiger partial charge in [0.05, 0.1) is 17.6 Å². The second-order valence-electron chi connectivity index (χ2n) is 4.95. The number of non-ortho nitro benzene ring substituents is 1. The van der Waals surface area contributed by atoms with Crippen LogP contribution in [0, 0.1) is 10.1 Å². The van der Waals surface area contributed by atoms with E-state index in [-0.39, 0.29) is 5.69 Å². The van der Waals surface area contributed by atoms with Crippen LogP contribution in [0.5, 0.6) is 5.75 Å². The fourth-order valence-corrected chi connectivity index (χ4v) is 1.80. The molecule has 7 heteroatoms. The topological polar surface area (TPSA) is 102 Å². The first-order valence-electron chi connectivity index (χ1n) is 6.68. The molecule has 0 aliphatic heterocycles. The van der Waals surface area contributed by atoms with Gasteiger partial charge in [-0.25, -0.2) is 0 Å². The van der Waals surface area contributed by atoms with Crippen molar-refractivity contribution < 1.29 is 19.6 Å². The van der Waals surface area contributed by atoms with E-state index in [1.165, 1.54) is 12.1 Å². The number of nitrogens with one attached hydrogen (secondary N) is 1. The number of benzene rings is 1. The van der Waals surface area contributed by atoms with Crippen molar-refractivity contribution in [1.82, 2.24) is 5.32 Å². The molecule has 7 nitrogen and oxygen atoms in total. The maximum atomic E-state index is 11.1. The van der Waals surface area contributed by atoms with Gasteiger partial charge >= 0.3 is 5.97 Å². The molecule has 1 aromatic carbocycles. The van der Waals surface area contributed by atoms with E-state index < -0.39 is 16.4 Å². The zero-order valence-corrected chi connectivity index (χ0v) is 12.2. The predicted molar refractivity (Wildman–Crippen MR) is 77.5 cm³/mol. The number of rotatable bonds is 9. The summed E-state index contributed by atoms with van der Waals surface area (Å²) in [5.74, 6) is -0.441. The lowest BCUT2D eigenvalue weighted by molar-refractivity contribution is -0.384. The fraction of sp³-hybridized carbons (Fsp3) is 0.500. The Morgan fingerprint density at radius 3 is 2.76 bits per heavy atom. The summed E-state index contributed by atoms with van der Waals surface area (Å²) in [6, 6.07) is 5.99. The first-order chi connectivity index (χ1) is 9.89. The van der Waals surface area contributed by atoms with E-state index in [1.54, 1.807) is 26.1 Å². The van der Waals surface area contributed by atoms with Crippen LogP contribution in [-0.4, -0.2) is 35.2 Å². The average Bonchev–Trinajstić information content (AvgIpc) is 2.46. The van der Waals surface area contributed by atoms with Gasteiger partial charge in [0.25, 0.3) is 5.69 Å². The van der Waals surface area contributed by atoms with E-state index in [0.717, 1.165) is 0 Å². The van der Waals surface area contributed by atoms with Crippen LogP contribution < -0.4 is 10.1 Å². The van der Waals surface area contributed by atoms with E-state index in [1.807, 2.05) is 0 Å². The van der Waals surface area contributed by atoms with Gasteiger partial charge in [-0.05, 0) is 39.3 Å². The largest absolute Gasteiger partial charge is 0.493 e. The number of ether oxygens (including phenoxy) is 1. The van der Waals surface area contributed by atoms with Crippen LogP contribution in [0.2, 0.25) is 0 Å². The molecular formula is C14H20N2O5. The monoisotopic (exact) mass is 296 g/mol. The number of likely N-dealkylation sites (N-methyl/N-ethyl adjacent to an activating group) is 1. The number of nitro benzene ring substituents is 1. The summed E-state index contributed by atoms with van der Waals surface area (Å²) in [7, 11) is 1.62. The van der Waals surface area contributed by atoms with Crippen molar-refractivity contribution in [3.05, 3.63) is 34.4 Å². The van der Waals surface area contributed by atoms with Crippen LogP contribution in [-0.2, 0) is 4.79 Å². The number of carboxylic acid groups (broad SMARTS) is 1. The third-order valence-corrected chi connectivity index (χ3v) is 3.39. The molecule has 0 amide bonds. The van der Waals surface area contributed by atoms with Gasteiger partial charge in [-0.2, -0.15) is 0 Å². The first-order valence-corrected chi connectivity index (χ1v) is 6.68. The number of carboxylic acids is 1. The Balaban J connectivity index is 2.36. The highest BCUT2D eigenvalue weighted by Gasteiger charge is 2.30. The minimum atomic E-state index is -0.939. The summed E-state index contributed by atoms with van der Waals surface area (Å²) in [5, 5.41) is 22.5. The fourth-order valence-electron chi connectivity index (χ4n) is 1.80.